The monoisotopic (exact) mass is 380 g/mol. The molecule has 1 aliphatic carbocycles. The number of benzene rings is 1. The van der Waals surface area contributed by atoms with Crippen molar-refractivity contribution in [3.05, 3.63) is 53.9 Å². The van der Waals surface area contributed by atoms with Crippen LogP contribution in [0.2, 0.25) is 0 Å². The fourth-order valence-corrected chi connectivity index (χ4v) is 3.39. The molecule has 0 radical (unpaired) electrons. The van der Waals surface area contributed by atoms with Gasteiger partial charge in [-0.1, -0.05) is 12.1 Å². The molecule has 2 aliphatic rings. The fraction of sp³-hybridized carbons (Fsp3) is 0.381. The molecule has 1 aromatic carbocycles. The zero-order chi connectivity index (χ0) is 19.5. The Morgan fingerprint density at radius 2 is 1.86 bits per heavy atom. The quantitative estimate of drug-likeness (QED) is 0.858. The molecule has 0 bridgehead atoms. The average Bonchev–Trinajstić information content (AvgIpc) is 3.57. The van der Waals surface area contributed by atoms with Crippen molar-refractivity contribution < 1.29 is 14.3 Å². The standard InChI is InChI=1S/C21H24N4O3/c1-28-19-5-3-2-4-18(19)24-10-12-25(13-11-24)21(27)17-14-15(8-9-22-17)20(26)23-16-6-7-16/h2-5,8-9,14,16H,6-7,10-13H2,1H3,(H,23,26). The maximum atomic E-state index is 12.9. The van der Waals surface area contributed by atoms with Crippen molar-refractivity contribution in [3.8, 4) is 5.75 Å². The van der Waals surface area contributed by atoms with Crippen molar-refractivity contribution in [3.63, 3.8) is 0 Å². The van der Waals surface area contributed by atoms with E-state index in [0.29, 0.717) is 37.4 Å². The Bertz CT molecular complexity index is 873. The van der Waals surface area contributed by atoms with Gasteiger partial charge < -0.3 is 19.9 Å². The number of nitrogens with zero attached hydrogens (tertiary/aromatic N) is 3. The number of ether oxygens (including phenoxy) is 1. The molecule has 0 unspecified atom stereocenters. The first-order chi connectivity index (χ1) is 13.7. The van der Waals surface area contributed by atoms with Gasteiger partial charge >= 0.3 is 0 Å². The van der Waals surface area contributed by atoms with Crippen molar-refractivity contribution in [1.29, 1.82) is 0 Å². The normalized spacial score (nSPS) is 16.6. The maximum Gasteiger partial charge on any atom is 0.272 e. The Kier molecular flexibility index (Phi) is 5.14. The summed E-state index contributed by atoms with van der Waals surface area (Å²) in [6.07, 6.45) is 3.58. The van der Waals surface area contributed by atoms with E-state index in [1.165, 1.54) is 6.20 Å². The van der Waals surface area contributed by atoms with E-state index in [1.54, 1.807) is 24.1 Å². The van der Waals surface area contributed by atoms with E-state index in [2.05, 4.69) is 15.2 Å². The Balaban J connectivity index is 1.40. The molecular weight excluding hydrogens is 356 g/mol. The van der Waals surface area contributed by atoms with E-state index in [9.17, 15) is 9.59 Å². The summed E-state index contributed by atoms with van der Waals surface area (Å²) in [4.78, 5) is 33.3. The van der Waals surface area contributed by atoms with E-state index < -0.39 is 0 Å². The molecule has 1 N–H and O–H groups in total. The number of para-hydroxylation sites is 2. The van der Waals surface area contributed by atoms with Crippen molar-refractivity contribution in [1.82, 2.24) is 15.2 Å². The molecule has 1 aliphatic heterocycles. The summed E-state index contributed by atoms with van der Waals surface area (Å²) < 4.78 is 5.44. The Morgan fingerprint density at radius 1 is 1.11 bits per heavy atom. The third kappa shape index (κ3) is 3.93. The number of anilines is 1. The Labute approximate surface area is 164 Å². The van der Waals surface area contributed by atoms with Crippen LogP contribution in [0.4, 0.5) is 5.69 Å². The molecule has 0 spiro atoms. The number of piperazine rings is 1. The van der Waals surface area contributed by atoms with E-state index in [1.807, 2.05) is 24.3 Å². The van der Waals surface area contributed by atoms with Crippen LogP contribution >= 0.6 is 0 Å². The molecule has 7 heteroatoms. The largest absolute Gasteiger partial charge is 0.495 e. The molecule has 28 heavy (non-hydrogen) atoms. The van der Waals surface area contributed by atoms with Gasteiger partial charge in [-0.3, -0.25) is 14.6 Å². The van der Waals surface area contributed by atoms with Gasteiger partial charge in [0, 0.05) is 44.0 Å². The number of amides is 2. The average molecular weight is 380 g/mol. The second-order valence-corrected chi connectivity index (χ2v) is 7.13. The van der Waals surface area contributed by atoms with Gasteiger partial charge in [-0.05, 0) is 37.1 Å². The van der Waals surface area contributed by atoms with E-state index >= 15 is 0 Å². The number of nitrogens with one attached hydrogen (secondary N) is 1. The SMILES string of the molecule is COc1ccccc1N1CCN(C(=O)c2cc(C(=O)NC3CC3)ccn2)CC1. The summed E-state index contributed by atoms with van der Waals surface area (Å²) in [7, 11) is 1.66. The van der Waals surface area contributed by atoms with Crippen LogP contribution in [0.25, 0.3) is 0 Å². The molecule has 1 aromatic heterocycles. The highest BCUT2D eigenvalue weighted by molar-refractivity contribution is 5.98. The molecule has 2 fully saturated rings. The van der Waals surface area contributed by atoms with Crippen molar-refractivity contribution >= 4 is 17.5 Å². The smallest absolute Gasteiger partial charge is 0.272 e. The van der Waals surface area contributed by atoms with Crippen LogP contribution in [0.3, 0.4) is 0 Å². The minimum Gasteiger partial charge on any atom is -0.495 e. The summed E-state index contributed by atoms with van der Waals surface area (Å²) in [6, 6.07) is 11.4. The highest BCUT2D eigenvalue weighted by atomic mass is 16.5. The number of hydrogen-bond donors (Lipinski definition) is 1. The van der Waals surface area contributed by atoms with Crippen molar-refractivity contribution in [2.75, 3.05) is 38.2 Å². The lowest BCUT2D eigenvalue weighted by Gasteiger charge is -2.36. The second kappa shape index (κ2) is 7.88. The van der Waals surface area contributed by atoms with Gasteiger partial charge in [-0.2, -0.15) is 0 Å². The number of carbonyl (C=O) groups excluding carboxylic acids is 2. The zero-order valence-electron chi connectivity index (χ0n) is 15.9. The van der Waals surface area contributed by atoms with E-state index in [0.717, 1.165) is 24.3 Å². The molecule has 2 heterocycles. The first-order valence-corrected chi connectivity index (χ1v) is 9.60. The molecule has 0 atom stereocenters. The molecular formula is C21H24N4O3. The van der Waals surface area contributed by atoms with Crippen LogP contribution in [-0.2, 0) is 0 Å². The lowest BCUT2D eigenvalue weighted by atomic mass is 10.2. The molecule has 1 saturated carbocycles. The summed E-state index contributed by atoms with van der Waals surface area (Å²) >= 11 is 0. The summed E-state index contributed by atoms with van der Waals surface area (Å²) in [6.45, 7) is 2.62. The van der Waals surface area contributed by atoms with Gasteiger partial charge in [0.1, 0.15) is 11.4 Å². The topological polar surface area (TPSA) is 74.8 Å². The molecule has 1 saturated heterocycles. The van der Waals surface area contributed by atoms with Crippen molar-refractivity contribution in [2.24, 2.45) is 0 Å². The maximum absolute atomic E-state index is 12.9. The van der Waals surface area contributed by atoms with E-state index in [4.69, 9.17) is 4.74 Å². The van der Waals surface area contributed by atoms with Crippen LogP contribution in [0.5, 0.6) is 5.75 Å². The Hall–Kier alpha value is -3.09. The number of aromatic nitrogens is 1. The zero-order valence-corrected chi connectivity index (χ0v) is 15.9. The van der Waals surface area contributed by atoms with Gasteiger partial charge in [0.2, 0.25) is 0 Å². The third-order valence-electron chi connectivity index (χ3n) is 5.15. The summed E-state index contributed by atoms with van der Waals surface area (Å²) in [5.74, 6) is 0.555. The Morgan fingerprint density at radius 3 is 2.57 bits per heavy atom. The lowest BCUT2D eigenvalue weighted by Crippen LogP contribution is -2.49. The van der Waals surface area contributed by atoms with Gasteiger partial charge in [0.15, 0.2) is 0 Å². The van der Waals surface area contributed by atoms with E-state index in [-0.39, 0.29) is 17.9 Å². The first-order valence-electron chi connectivity index (χ1n) is 9.60. The van der Waals surface area contributed by atoms with Crippen LogP contribution < -0.4 is 15.0 Å². The predicted molar refractivity (Wildman–Crippen MR) is 106 cm³/mol. The molecule has 4 rings (SSSR count). The third-order valence-corrected chi connectivity index (χ3v) is 5.15. The fourth-order valence-electron chi connectivity index (χ4n) is 3.39. The number of methoxy groups -OCH3 is 1. The van der Waals surface area contributed by atoms with Gasteiger partial charge in [-0.25, -0.2) is 0 Å². The number of rotatable bonds is 5. The minimum atomic E-state index is -0.139. The van der Waals surface area contributed by atoms with Crippen LogP contribution in [0, 0.1) is 0 Å². The number of carbonyl (C=O) groups is 2. The van der Waals surface area contributed by atoms with Crippen LogP contribution in [-0.4, -0.2) is 61.0 Å². The first kappa shape index (κ1) is 18.3. The predicted octanol–water partition coefficient (Wildman–Crippen LogP) is 1.94. The van der Waals surface area contributed by atoms with Crippen molar-refractivity contribution in [2.45, 2.75) is 18.9 Å². The summed E-state index contributed by atoms with van der Waals surface area (Å²) in [5.41, 5.74) is 1.83. The molecule has 7 nitrogen and oxygen atoms in total. The number of pyridine rings is 1. The van der Waals surface area contributed by atoms with Gasteiger partial charge in [-0.15, -0.1) is 0 Å². The second-order valence-electron chi connectivity index (χ2n) is 7.13. The van der Waals surface area contributed by atoms with Gasteiger partial charge in [0.05, 0.1) is 12.8 Å². The molecule has 2 amide bonds. The van der Waals surface area contributed by atoms with Crippen LogP contribution in [0.1, 0.15) is 33.7 Å². The minimum absolute atomic E-state index is 0.138. The van der Waals surface area contributed by atoms with Crippen LogP contribution in [0.15, 0.2) is 42.6 Å². The molecule has 2 aromatic rings. The molecule has 146 valence electrons. The number of hydrogen-bond acceptors (Lipinski definition) is 5. The highest BCUT2D eigenvalue weighted by Crippen LogP contribution is 2.28. The lowest BCUT2D eigenvalue weighted by molar-refractivity contribution is 0.0740. The highest BCUT2D eigenvalue weighted by Gasteiger charge is 2.26. The van der Waals surface area contributed by atoms with Gasteiger partial charge in [0.25, 0.3) is 11.8 Å². The summed E-state index contributed by atoms with van der Waals surface area (Å²) in [5, 5.41) is 2.94.